The van der Waals surface area contributed by atoms with Gasteiger partial charge in [0.05, 0.1) is 0 Å². The molecule has 7 heteroatoms. The summed E-state index contributed by atoms with van der Waals surface area (Å²) in [5.74, 6) is 0.191. The van der Waals surface area contributed by atoms with E-state index < -0.39 is 11.6 Å². The number of benzene rings is 1. The van der Waals surface area contributed by atoms with E-state index in [-0.39, 0.29) is 18.4 Å². The van der Waals surface area contributed by atoms with Crippen molar-refractivity contribution < 1.29 is 14.4 Å². The Balaban J connectivity index is 1.44. The summed E-state index contributed by atoms with van der Waals surface area (Å²) in [5, 5.41) is 5.60. The maximum atomic E-state index is 12.6. The maximum absolute atomic E-state index is 12.6. The van der Waals surface area contributed by atoms with Gasteiger partial charge in [-0.2, -0.15) is 0 Å². The van der Waals surface area contributed by atoms with E-state index in [1.165, 1.54) is 0 Å². The van der Waals surface area contributed by atoms with E-state index in [0.29, 0.717) is 19.4 Å². The normalized spacial score (nSPS) is 19.1. The zero-order valence-corrected chi connectivity index (χ0v) is 14.9. The number of rotatable bonds is 6. The Morgan fingerprint density at radius 2 is 1.88 bits per heavy atom. The lowest BCUT2D eigenvalue weighted by Crippen LogP contribution is -2.49. The van der Waals surface area contributed by atoms with Crippen LogP contribution in [0.4, 0.5) is 4.79 Å². The fourth-order valence-electron chi connectivity index (χ4n) is 3.39. The fraction of sp³-hybridized carbons (Fsp3) is 0.500. The second-order valence-corrected chi connectivity index (χ2v) is 7.64. The summed E-state index contributed by atoms with van der Waals surface area (Å²) in [7, 11) is 0. The van der Waals surface area contributed by atoms with E-state index in [1.807, 2.05) is 30.3 Å². The van der Waals surface area contributed by atoms with Crippen LogP contribution in [0.5, 0.6) is 0 Å². The number of hydrogen-bond acceptors (Lipinski definition) is 4. The summed E-state index contributed by atoms with van der Waals surface area (Å²) in [5.41, 5.74) is -0.765. The molecule has 1 saturated heterocycles. The number of hydrogen-bond donors (Lipinski definition) is 2. The number of nitrogens with zero attached hydrogens (tertiary/aromatic N) is 1. The Bertz CT molecular complexity index is 644. The molecule has 2 fully saturated rings. The summed E-state index contributed by atoms with van der Waals surface area (Å²) in [6.45, 7) is 0.287. The van der Waals surface area contributed by atoms with Crippen LogP contribution in [0.25, 0.3) is 0 Å². The first-order valence-electron chi connectivity index (χ1n) is 8.69. The lowest BCUT2D eigenvalue weighted by atomic mass is 9.82. The molecule has 134 valence electrons. The highest BCUT2D eigenvalue weighted by molar-refractivity contribution is 7.99. The first-order valence-corrected chi connectivity index (χ1v) is 9.68. The van der Waals surface area contributed by atoms with Crippen molar-refractivity contribution >= 4 is 29.6 Å². The molecule has 6 nitrogen and oxygen atoms in total. The van der Waals surface area contributed by atoms with Gasteiger partial charge in [-0.15, -0.1) is 11.8 Å². The van der Waals surface area contributed by atoms with Crippen LogP contribution in [0.2, 0.25) is 0 Å². The van der Waals surface area contributed by atoms with Crippen LogP contribution in [-0.4, -0.2) is 47.1 Å². The number of thioether (sulfide) groups is 1. The van der Waals surface area contributed by atoms with Crippen molar-refractivity contribution in [3.05, 3.63) is 30.3 Å². The Hall–Kier alpha value is -2.02. The number of nitrogens with one attached hydrogen (secondary N) is 2. The third kappa shape index (κ3) is 4.15. The topological polar surface area (TPSA) is 78.5 Å². The zero-order chi connectivity index (χ0) is 17.7. The molecule has 0 radical (unpaired) electrons. The average molecular weight is 361 g/mol. The third-order valence-electron chi connectivity index (χ3n) is 4.69. The van der Waals surface area contributed by atoms with Gasteiger partial charge in [0.25, 0.3) is 5.91 Å². The summed E-state index contributed by atoms with van der Waals surface area (Å²) in [6, 6.07) is 9.50. The third-order valence-corrected chi connectivity index (χ3v) is 5.70. The molecule has 1 aliphatic heterocycles. The minimum Gasteiger partial charge on any atom is -0.354 e. The Morgan fingerprint density at radius 3 is 2.60 bits per heavy atom. The highest BCUT2D eigenvalue weighted by atomic mass is 32.2. The molecule has 1 aromatic rings. The highest BCUT2D eigenvalue weighted by Crippen LogP contribution is 2.33. The van der Waals surface area contributed by atoms with Gasteiger partial charge in [0.2, 0.25) is 5.91 Å². The number of imide groups is 1. The Labute approximate surface area is 151 Å². The summed E-state index contributed by atoms with van der Waals surface area (Å²) in [6.07, 6.45) is 4.29. The van der Waals surface area contributed by atoms with E-state index in [2.05, 4.69) is 10.6 Å². The molecule has 2 N–H and O–H groups in total. The van der Waals surface area contributed by atoms with Gasteiger partial charge in [-0.05, 0) is 25.0 Å². The quantitative estimate of drug-likeness (QED) is 0.462. The molecule has 2 aliphatic rings. The number of carbonyl (C=O) groups excluding carboxylic acids is 3. The second-order valence-electron chi connectivity index (χ2n) is 6.48. The van der Waals surface area contributed by atoms with E-state index in [4.69, 9.17) is 0 Å². The lowest BCUT2D eigenvalue weighted by Gasteiger charge is -2.30. The Kier molecular flexibility index (Phi) is 5.63. The van der Waals surface area contributed by atoms with Gasteiger partial charge in [-0.25, -0.2) is 4.79 Å². The van der Waals surface area contributed by atoms with Crippen molar-refractivity contribution in [2.75, 3.05) is 18.8 Å². The van der Waals surface area contributed by atoms with Crippen molar-refractivity contribution in [1.29, 1.82) is 0 Å². The molecule has 1 saturated carbocycles. The van der Waals surface area contributed by atoms with Gasteiger partial charge in [0.15, 0.2) is 0 Å². The molecule has 0 unspecified atom stereocenters. The van der Waals surface area contributed by atoms with Crippen LogP contribution < -0.4 is 10.6 Å². The molecule has 3 rings (SSSR count). The monoisotopic (exact) mass is 361 g/mol. The first kappa shape index (κ1) is 17.8. The van der Waals surface area contributed by atoms with Crippen LogP contribution in [-0.2, 0) is 9.59 Å². The van der Waals surface area contributed by atoms with E-state index in [0.717, 1.165) is 34.8 Å². The molecule has 0 atom stereocenters. The van der Waals surface area contributed by atoms with Crippen LogP contribution in [0.3, 0.4) is 0 Å². The summed E-state index contributed by atoms with van der Waals surface area (Å²) >= 11 is 1.65. The van der Waals surface area contributed by atoms with Gasteiger partial charge < -0.3 is 10.6 Å². The molecular formula is C18H23N3O3S. The summed E-state index contributed by atoms with van der Waals surface area (Å²) < 4.78 is 0. The van der Waals surface area contributed by atoms with Crippen LogP contribution in [0.15, 0.2) is 35.2 Å². The molecule has 0 aromatic heterocycles. The second kappa shape index (κ2) is 7.91. The zero-order valence-electron chi connectivity index (χ0n) is 14.1. The van der Waals surface area contributed by atoms with E-state index in [1.54, 1.807) is 11.8 Å². The van der Waals surface area contributed by atoms with Crippen molar-refractivity contribution in [2.24, 2.45) is 0 Å². The predicted octanol–water partition coefficient (Wildman–Crippen LogP) is 2.15. The molecule has 0 bridgehead atoms. The van der Waals surface area contributed by atoms with Crippen molar-refractivity contribution in [3.63, 3.8) is 0 Å². The highest BCUT2D eigenvalue weighted by Gasteiger charge is 2.51. The number of amides is 4. The largest absolute Gasteiger partial charge is 0.354 e. The Morgan fingerprint density at radius 1 is 1.16 bits per heavy atom. The van der Waals surface area contributed by atoms with Crippen LogP contribution in [0, 0.1) is 0 Å². The smallest absolute Gasteiger partial charge is 0.325 e. The van der Waals surface area contributed by atoms with Crippen LogP contribution >= 0.6 is 11.8 Å². The minimum absolute atomic E-state index is 0.206. The first-order chi connectivity index (χ1) is 12.1. The SMILES string of the molecule is O=C(CN1C(=O)NC2(CCCCC2)C1=O)NCCSc1ccccc1. The average Bonchev–Trinajstić information content (AvgIpc) is 2.84. The van der Waals surface area contributed by atoms with Crippen molar-refractivity contribution in [3.8, 4) is 0 Å². The van der Waals surface area contributed by atoms with Gasteiger partial charge >= 0.3 is 6.03 Å². The summed E-state index contributed by atoms with van der Waals surface area (Å²) in [4.78, 5) is 39.0. The van der Waals surface area contributed by atoms with Crippen molar-refractivity contribution in [1.82, 2.24) is 15.5 Å². The minimum atomic E-state index is -0.765. The fourth-order valence-corrected chi connectivity index (χ4v) is 4.18. The maximum Gasteiger partial charge on any atom is 0.325 e. The van der Waals surface area contributed by atoms with E-state index >= 15 is 0 Å². The molecule has 25 heavy (non-hydrogen) atoms. The molecule has 1 heterocycles. The molecular weight excluding hydrogens is 338 g/mol. The molecule has 1 aliphatic carbocycles. The molecule has 1 aromatic carbocycles. The van der Waals surface area contributed by atoms with E-state index in [9.17, 15) is 14.4 Å². The van der Waals surface area contributed by atoms with Gasteiger partial charge in [0.1, 0.15) is 12.1 Å². The van der Waals surface area contributed by atoms with Crippen LogP contribution in [0.1, 0.15) is 32.1 Å². The predicted molar refractivity (Wildman–Crippen MR) is 96.2 cm³/mol. The molecule has 4 amide bonds. The standard InChI is InChI=1S/C18H23N3O3S/c22-15(19-11-12-25-14-7-3-1-4-8-14)13-21-16(23)18(20-17(21)24)9-5-2-6-10-18/h1,3-4,7-8H,2,5-6,9-13H2,(H,19,22)(H,20,24). The number of carbonyl (C=O) groups is 3. The molecule has 1 spiro atoms. The van der Waals surface area contributed by atoms with Gasteiger partial charge in [-0.3, -0.25) is 14.5 Å². The van der Waals surface area contributed by atoms with Gasteiger partial charge in [-0.1, -0.05) is 37.5 Å². The van der Waals surface area contributed by atoms with Crippen molar-refractivity contribution in [2.45, 2.75) is 42.5 Å². The number of urea groups is 1. The lowest BCUT2D eigenvalue weighted by molar-refractivity contribution is -0.135. The van der Waals surface area contributed by atoms with Gasteiger partial charge in [0, 0.05) is 17.2 Å².